The number of hydrogen-bond donors (Lipinski definition) is 0. The molecule has 13 heavy (non-hydrogen) atoms. The zero-order chi connectivity index (χ0) is 9.73. The number of hydrogen-bond acceptors (Lipinski definition) is 1. The first-order valence-corrected chi connectivity index (χ1v) is 5.33. The molecule has 0 radical (unpaired) electrons. The van der Waals surface area contributed by atoms with Gasteiger partial charge in [-0.15, -0.1) is 6.58 Å². The summed E-state index contributed by atoms with van der Waals surface area (Å²) in [6, 6.07) is 0. The van der Waals surface area contributed by atoms with Crippen LogP contribution in [0.3, 0.4) is 0 Å². The van der Waals surface area contributed by atoms with Gasteiger partial charge in [0.25, 0.3) is 0 Å². The van der Waals surface area contributed by atoms with E-state index in [1.54, 1.807) is 0 Å². The Morgan fingerprint density at radius 3 is 2.62 bits per heavy atom. The fourth-order valence-corrected chi connectivity index (χ4v) is 2.14. The molecule has 0 bridgehead atoms. The molecular formula is C12H20O. The molecule has 1 saturated carbocycles. The van der Waals surface area contributed by atoms with Crippen LogP contribution in [0, 0.1) is 5.41 Å². The zero-order valence-electron chi connectivity index (χ0n) is 8.64. The highest BCUT2D eigenvalue weighted by Gasteiger charge is 2.34. The minimum Gasteiger partial charge on any atom is -0.299 e. The largest absolute Gasteiger partial charge is 0.299 e. The van der Waals surface area contributed by atoms with Crippen LogP contribution < -0.4 is 0 Å². The summed E-state index contributed by atoms with van der Waals surface area (Å²) in [4.78, 5) is 11.8. The molecule has 1 nitrogen and oxygen atoms in total. The monoisotopic (exact) mass is 180 g/mol. The smallest absolute Gasteiger partial charge is 0.138 e. The van der Waals surface area contributed by atoms with Gasteiger partial charge in [-0.3, -0.25) is 4.79 Å². The molecule has 1 heteroatoms. The summed E-state index contributed by atoms with van der Waals surface area (Å²) in [5, 5.41) is 0. The second-order valence-electron chi connectivity index (χ2n) is 4.37. The van der Waals surface area contributed by atoms with Crippen LogP contribution in [0.15, 0.2) is 12.7 Å². The third-order valence-corrected chi connectivity index (χ3v) is 3.19. The fraction of sp³-hybridized carbons (Fsp3) is 0.750. The molecule has 1 rings (SSSR count). The normalized spacial score (nSPS) is 20.1. The Labute approximate surface area is 81.2 Å². The third kappa shape index (κ3) is 2.68. The van der Waals surface area contributed by atoms with Crippen molar-refractivity contribution in [1.82, 2.24) is 0 Å². The van der Waals surface area contributed by atoms with E-state index in [-0.39, 0.29) is 5.41 Å². The predicted octanol–water partition coefficient (Wildman–Crippen LogP) is 3.49. The number of Topliss-reactive ketones (excluding diaryl/α,β-unsaturated/α-hetero) is 1. The summed E-state index contributed by atoms with van der Waals surface area (Å²) in [5.41, 5.74) is 0.0289. The summed E-state index contributed by atoms with van der Waals surface area (Å²) in [7, 11) is 0. The van der Waals surface area contributed by atoms with Gasteiger partial charge in [0.15, 0.2) is 0 Å². The Morgan fingerprint density at radius 2 is 2.08 bits per heavy atom. The Morgan fingerprint density at radius 1 is 1.46 bits per heavy atom. The molecule has 1 aliphatic carbocycles. The molecule has 1 fully saturated rings. The first-order chi connectivity index (χ1) is 6.19. The van der Waals surface area contributed by atoms with E-state index < -0.39 is 0 Å². The zero-order valence-corrected chi connectivity index (χ0v) is 8.64. The SMILES string of the molecule is C=CCCCC(=O)C1(C)CCCC1. The van der Waals surface area contributed by atoms with E-state index in [1.807, 2.05) is 6.08 Å². The lowest BCUT2D eigenvalue weighted by atomic mass is 9.82. The van der Waals surface area contributed by atoms with Crippen molar-refractivity contribution in [3.05, 3.63) is 12.7 Å². The Bertz CT molecular complexity index is 187. The van der Waals surface area contributed by atoms with Crippen LogP contribution in [-0.4, -0.2) is 5.78 Å². The molecule has 0 unspecified atom stereocenters. The Balaban J connectivity index is 2.33. The molecule has 0 aromatic heterocycles. The molecule has 0 heterocycles. The van der Waals surface area contributed by atoms with Crippen molar-refractivity contribution in [3.8, 4) is 0 Å². The van der Waals surface area contributed by atoms with E-state index in [2.05, 4.69) is 13.5 Å². The van der Waals surface area contributed by atoms with E-state index in [1.165, 1.54) is 12.8 Å². The quantitative estimate of drug-likeness (QED) is 0.467. The van der Waals surface area contributed by atoms with Crippen LogP contribution >= 0.6 is 0 Å². The van der Waals surface area contributed by atoms with Crippen molar-refractivity contribution in [3.63, 3.8) is 0 Å². The number of allylic oxidation sites excluding steroid dienone is 1. The van der Waals surface area contributed by atoms with Gasteiger partial charge < -0.3 is 0 Å². The predicted molar refractivity (Wildman–Crippen MR) is 55.6 cm³/mol. The molecule has 0 amide bonds. The third-order valence-electron chi connectivity index (χ3n) is 3.19. The number of carbonyl (C=O) groups excluding carboxylic acids is 1. The van der Waals surface area contributed by atoms with Crippen molar-refractivity contribution in [1.29, 1.82) is 0 Å². The average molecular weight is 180 g/mol. The number of unbranched alkanes of at least 4 members (excludes halogenated alkanes) is 1. The van der Waals surface area contributed by atoms with Gasteiger partial charge in [0.2, 0.25) is 0 Å². The van der Waals surface area contributed by atoms with Crippen LogP contribution in [0.25, 0.3) is 0 Å². The molecule has 0 N–H and O–H groups in total. The summed E-state index contributed by atoms with van der Waals surface area (Å²) in [5.74, 6) is 0.479. The van der Waals surface area contributed by atoms with E-state index in [0.717, 1.165) is 32.1 Å². The van der Waals surface area contributed by atoms with Crippen LogP contribution in [0.4, 0.5) is 0 Å². The maximum atomic E-state index is 11.8. The lowest BCUT2D eigenvalue weighted by molar-refractivity contribution is -0.127. The molecule has 1 aliphatic rings. The van der Waals surface area contributed by atoms with E-state index in [9.17, 15) is 4.79 Å². The van der Waals surface area contributed by atoms with Gasteiger partial charge in [-0.05, 0) is 25.7 Å². The van der Waals surface area contributed by atoms with Gasteiger partial charge in [0.05, 0.1) is 0 Å². The highest BCUT2D eigenvalue weighted by molar-refractivity contribution is 5.84. The minimum atomic E-state index is 0.0289. The molecule has 0 aromatic rings. The number of rotatable bonds is 5. The van der Waals surface area contributed by atoms with Crippen molar-refractivity contribution >= 4 is 5.78 Å². The minimum absolute atomic E-state index is 0.0289. The van der Waals surface area contributed by atoms with Gasteiger partial charge in [-0.2, -0.15) is 0 Å². The lowest BCUT2D eigenvalue weighted by Crippen LogP contribution is -2.23. The van der Waals surface area contributed by atoms with Crippen molar-refractivity contribution in [2.24, 2.45) is 5.41 Å². The number of carbonyl (C=O) groups is 1. The molecule has 74 valence electrons. The van der Waals surface area contributed by atoms with Crippen LogP contribution in [0.5, 0.6) is 0 Å². The first kappa shape index (κ1) is 10.5. The first-order valence-electron chi connectivity index (χ1n) is 5.33. The molecule has 0 saturated heterocycles. The second-order valence-corrected chi connectivity index (χ2v) is 4.37. The molecule has 0 spiro atoms. The van der Waals surface area contributed by atoms with E-state index in [0.29, 0.717) is 5.78 Å². The molecule has 0 aromatic carbocycles. The summed E-state index contributed by atoms with van der Waals surface area (Å²) < 4.78 is 0. The standard InChI is InChI=1S/C12H20O/c1-3-4-5-8-11(13)12(2)9-6-7-10-12/h3H,1,4-10H2,2H3. The topological polar surface area (TPSA) is 17.1 Å². The molecule has 0 aliphatic heterocycles. The number of ketones is 1. The van der Waals surface area contributed by atoms with Crippen LogP contribution in [0.1, 0.15) is 51.9 Å². The second kappa shape index (κ2) is 4.59. The highest BCUT2D eigenvalue weighted by Crippen LogP contribution is 2.39. The average Bonchev–Trinajstić information content (AvgIpc) is 2.54. The van der Waals surface area contributed by atoms with Crippen molar-refractivity contribution in [2.45, 2.75) is 51.9 Å². The van der Waals surface area contributed by atoms with Gasteiger partial charge in [-0.1, -0.05) is 25.8 Å². The van der Waals surface area contributed by atoms with E-state index >= 15 is 0 Å². The summed E-state index contributed by atoms with van der Waals surface area (Å²) in [6.07, 6.45) is 9.31. The Kier molecular flexibility index (Phi) is 3.71. The van der Waals surface area contributed by atoms with Crippen LogP contribution in [0.2, 0.25) is 0 Å². The van der Waals surface area contributed by atoms with Crippen molar-refractivity contribution < 1.29 is 4.79 Å². The summed E-state index contributed by atoms with van der Waals surface area (Å²) in [6.45, 7) is 5.80. The van der Waals surface area contributed by atoms with Crippen molar-refractivity contribution in [2.75, 3.05) is 0 Å². The van der Waals surface area contributed by atoms with Gasteiger partial charge in [0.1, 0.15) is 5.78 Å². The van der Waals surface area contributed by atoms with Gasteiger partial charge >= 0.3 is 0 Å². The molecular weight excluding hydrogens is 160 g/mol. The fourth-order valence-electron chi connectivity index (χ4n) is 2.14. The molecule has 0 atom stereocenters. The van der Waals surface area contributed by atoms with Gasteiger partial charge in [-0.25, -0.2) is 0 Å². The van der Waals surface area contributed by atoms with Crippen LogP contribution in [-0.2, 0) is 4.79 Å². The Hall–Kier alpha value is -0.590. The van der Waals surface area contributed by atoms with Gasteiger partial charge in [0, 0.05) is 11.8 Å². The lowest BCUT2D eigenvalue weighted by Gasteiger charge is -2.21. The maximum absolute atomic E-state index is 11.8. The summed E-state index contributed by atoms with van der Waals surface area (Å²) >= 11 is 0. The van der Waals surface area contributed by atoms with E-state index in [4.69, 9.17) is 0 Å². The highest BCUT2D eigenvalue weighted by atomic mass is 16.1. The maximum Gasteiger partial charge on any atom is 0.138 e.